The molecule has 0 unspecified atom stereocenters. The van der Waals surface area contributed by atoms with Crippen molar-refractivity contribution in [1.82, 2.24) is 30.0 Å². The lowest BCUT2D eigenvalue weighted by atomic mass is 10.1. The maximum atomic E-state index is 12.5. The van der Waals surface area contributed by atoms with Crippen LogP contribution in [0.3, 0.4) is 0 Å². The first-order chi connectivity index (χ1) is 16.2. The zero-order valence-corrected chi connectivity index (χ0v) is 18.4. The maximum absolute atomic E-state index is 12.5. The summed E-state index contributed by atoms with van der Waals surface area (Å²) in [5, 5.41) is 8.61. The molecule has 3 aromatic heterocycles. The number of carbonyl (C=O) groups excluding carboxylic acids is 1. The summed E-state index contributed by atoms with van der Waals surface area (Å²) in [5.41, 5.74) is 10.1. The summed E-state index contributed by atoms with van der Waals surface area (Å²) in [7, 11) is 1.49. The van der Waals surface area contributed by atoms with Crippen molar-refractivity contribution in [1.29, 1.82) is 0 Å². The number of benzene rings is 1. The van der Waals surface area contributed by atoms with E-state index in [-0.39, 0.29) is 5.91 Å². The van der Waals surface area contributed by atoms with E-state index >= 15 is 0 Å². The number of ether oxygens (including phenoxy) is 1. The molecule has 0 atom stereocenters. The Hall–Kier alpha value is -4.01. The van der Waals surface area contributed by atoms with Crippen LogP contribution in [0.2, 0.25) is 0 Å². The van der Waals surface area contributed by atoms with E-state index in [1.807, 2.05) is 28.9 Å². The van der Waals surface area contributed by atoms with Crippen LogP contribution in [0, 0.1) is 0 Å². The van der Waals surface area contributed by atoms with Gasteiger partial charge in [-0.1, -0.05) is 37.1 Å². The Morgan fingerprint density at radius 2 is 1.94 bits per heavy atom. The number of carbonyl (C=O) groups is 1. The zero-order valence-electron chi connectivity index (χ0n) is 18.4. The van der Waals surface area contributed by atoms with Gasteiger partial charge in [0.15, 0.2) is 5.65 Å². The molecule has 3 heterocycles. The van der Waals surface area contributed by atoms with Crippen LogP contribution in [0.4, 0.5) is 5.82 Å². The normalized spacial score (nSPS) is 14.0. The molecule has 1 fully saturated rings. The maximum Gasteiger partial charge on any atom is 0.257 e. The summed E-state index contributed by atoms with van der Waals surface area (Å²) >= 11 is 0. The zero-order chi connectivity index (χ0) is 22.8. The molecule has 4 aromatic rings. The summed E-state index contributed by atoms with van der Waals surface area (Å²) in [6.45, 7) is 0.375. The van der Waals surface area contributed by atoms with Crippen molar-refractivity contribution in [3.05, 3.63) is 60.0 Å². The second-order valence-electron chi connectivity index (χ2n) is 8.13. The van der Waals surface area contributed by atoms with E-state index in [0.717, 1.165) is 40.7 Å². The van der Waals surface area contributed by atoms with E-state index in [0.29, 0.717) is 29.8 Å². The molecule has 33 heavy (non-hydrogen) atoms. The quantitative estimate of drug-likeness (QED) is 0.468. The number of nitrogen functional groups attached to an aromatic ring is 1. The van der Waals surface area contributed by atoms with Crippen molar-refractivity contribution >= 4 is 22.8 Å². The number of nitrogens with two attached hydrogens (primary N) is 1. The molecular formula is C24H25N7O2. The second kappa shape index (κ2) is 8.85. The van der Waals surface area contributed by atoms with Gasteiger partial charge < -0.3 is 15.8 Å². The molecule has 0 bridgehead atoms. The molecule has 1 saturated carbocycles. The number of nitrogens with zero attached hydrogens (tertiary/aromatic N) is 5. The van der Waals surface area contributed by atoms with Crippen LogP contribution in [0.15, 0.2) is 48.9 Å². The Balaban J connectivity index is 1.38. The topological polar surface area (TPSA) is 121 Å². The van der Waals surface area contributed by atoms with Crippen LogP contribution in [-0.4, -0.2) is 37.7 Å². The molecular weight excluding hydrogens is 418 g/mol. The number of nitrogens with one attached hydrogen (secondary N) is 1. The predicted octanol–water partition coefficient (Wildman–Crippen LogP) is 3.52. The Kier molecular flexibility index (Phi) is 5.60. The average Bonchev–Trinajstić information content (AvgIpc) is 3.51. The van der Waals surface area contributed by atoms with Crippen LogP contribution in [0.1, 0.15) is 47.6 Å². The minimum atomic E-state index is -0.241. The van der Waals surface area contributed by atoms with E-state index in [2.05, 4.69) is 20.3 Å². The highest BCUT2D eigenvalue weighted by molar-refractivity contribution is 5.98. The average molecular weight is 444 g/mol. The van der Waals surface area contributed by atoms with Gasteiger partial charge in [-0.15, -0.1) is 0 Å². The number of methoxy groups -OCH3 is 1. The number of anilines is 1. The smallest absolute Gasteiger partial charge is 0.257 e. The number of hydrogen-bond acceptors (Lipinski definition) is 7. The minimum Gasteiger partial charge on any atom is -0.480 e. The number of pyridine rings is 1. The summed E-state index contributed by atoms with van der Waals surface area (Å²) in [6, 6.07) is 11.6. The van der Waals surface area contributed by atoms with Crippen LogP contribution in [-0.2, 0) is 6.54 Å². The van der Waals surface area contributed by atoms with Gasteiger partial charge in [-0.3, -0.25) is 4.79 Å². The third-order valence-corrected chi connectivity index (χ3v) is 6.08. The van der Waals surface area contributed by atoms with Crippen LogP contribution >= 0.6 is 0 Å². The number of hydrogen-bond donors (Lipinski definition) is 2. The Bertz CT molecular complexity index is 1290. The van der Waals surface area contributed by atoms with Crippen molar-refractivity contribution in [3.8, 4) is 17.1 Å². The molecule has 0 saturated heterocycles. The SMILES string of the molecule is COc1ncccc1C(=O)NCc1ccc(-c2nn(C3CCCC3)c3ncnc(N)c23)cc1. The first-order valence-corrected chi connectivity index (χ1v) is 11.0. The van der Waals surface area contributed by atoms with Gasteiger partial charge in [0.1, 0.15) is 23.4 Å². The lowest BCUT2D eigenvalue weighted by Crippen LogP contribution is -2.23. The molecule has 5 rings (SSSR count). The summed E-state index contributed by atoms with van der Waals surface area (Å²) < 4.78 is 7.18. The van der Waals surface area contributed by atoms with Gasteiger partial charge >= 0.3 is 0 Å². The van der Waals surface area contributed by atoms with Gasteiger partial charge in [0.2, 0.25) is 5.88 Å². The van der Waals surface area contributed by atoms with E-state index in [9.17, 15) is 4.79 Å². The van der Waals surface area contributed by atoms with Crippen LogP contribution in [0.5, 0.6) is 5.88 Å². The monoisotopic (exact) mass is 443 g/mol. The third-order valence-electron chi connectivity index (χ3n) is 6.08. The lowest BCUT2D eigenvalue weighted by molar-refractivity contribution is 0.0947. The van der Waals surface area contributed by atoms with Crippen molar-refractivity contribution in [2.75, 3.05) is 12.8 Å². The highest BCUT2D eigenvalue weighted by Gasteiger charge is 2.24. The number of aromatic nitrogens is 5. The van der Waals surface area contributed by atoms with Gasteiger partial charge in [0.05, 0.1) is 18.5 Å². The molecule has 1 aliphatic carbocycles. The van der Waals surface area contributed by atoms with Crippen LogP contribution < -0.4 is 15.8 Å². The highest BCUT2D eigenvalue weighted by Crippen LogP contribution is 2.36. The number of fused-ring (bicyclic) bond motifs is 1. The van der Waals surface area contributed by atoms with Crippen molar-refractivity contribution in [2.45, 2.75) is 38.3 Å². The van der Waals surface area contributed by atoms with E-state index in [1.54, 1.807) is 18.3 Å². The highest BCUT2D eigenvalue weighted by atomic mass is 16.5. The van der Waals surface area contributed by atoms with Crippen molar-refractivity contribution in [3.63, 3.8) is 0 Å². The Labute approximate surface area is 191 Å². The van der Waals surface area contributed by atoms with Crippen molar-refractivity contribution < 1.29 is 9.53 Å². The Morgan fingerprint density at radius 3 is 2.70 bits per heavy atom. The molecule has 0 aliphatic heterocycles. The molecule has 1 aromatic carbocycles. The molecule has 9 nitrogen and oxygen atoms in total. The minimum absolute atomic E-state index is 0.241. The fourth-order valence-corrected chi connectivity index (χ4v) is 4.39. The number of rotatable bonds is 6. The molecule has 168 valence electrons. The summed E-state index contributed by atoms with van der Waals surface area (Å²) in [6.07, 6.45) is 7.68. The molecule has 1 aliphatic rings. The fourth-order valence-electron chi connectivity index (χ4n) is 4.39. The van der Waals surface area contributed by atoms with Gasteiger partial charge in [-0.25, -0.2) is 19.6 Å². The molecule has 1 amide bonds. The molecule has 0 radical (unpaired) electrons. The summed E-state index contributed by atoms with van der Waals surface area (Å²) in [5.74, 6) is 0.492. The van der Waals surface area contributed by atoms with Gasteiger partial charge in [0.25, 0.3) is 5.91 Å². The largest absolute Gasteiger partial charge is 0.480 e. The van der Waals surface area contributed by atoms with E-state index in [1.165, 1.54) is 26.3 Å². The van der Waals surface area contributed by atoms with Gasteiger partial charge in [-0.2, -0.15) is 5.10 Å². The van der Waals surface area contributed by atoms with E-state index in [4.69, 9.17) is 15.6 Å². The lowest BCUT2D eigenvalue weighted by Gasteiger charge is -2.10. The fraction of sp³-hybridized carbons (Fsp3) is 0.292. The van der Waals surface area contributed by atoms with Crippen LogP contribution in [0.25, 0.3) is 22.3 Å². The van der Waals surface area contributed by atoms with Crippen molar-refractivity contribution in [2.24, 2.45) is 0 Å². The second-order valence-corrected chi connectivity index (χ2v) is 8.13. The third kappa shape index (κ3) is 3.97. The summed E-state index contributed by atoms with van der Waals surface area (Å²) in [4.78, 5) is 25.3. The van der Waals surface area contributed by atoms with E-state index < -0.39 is 0 Å². The number of amides is 1. The standard InChI is InChI=1S/C24H25N7O2/c1-33-24-18(7-4-12-26-24)23(32)27-13-15-8-10-16(11-9-15)20-19-21(25)28-14-29-22(19)31(30-20)17-5-2-3-6-17/h4,7-12,14,17H,2-3,5-6,13H2,1H3,(H,27,32)(H2,25,28,29). The molecule has 3 N–H and O–H groups in total. The Morgan fingerprint density at radius 1 is 1.15 bits per heavy atom. The molecule has 0 spiro atoms. The predicted molar refractivity (Wildman–Crippen MR) is 125 cm³/mol. The van der Waals surface area contributed by atoms with Gasteiger partial charge in [0, 0.05) is 18.3 Å². The molecule has 9 heteroatoms. The van der Waals surface area contributed by atoms with Gasteiger partial charge in [-0.05, 0) is 30.5 Å². The first kappa shape index (κ1) is 20.9. The first-order valence-electron chi connectivity index (χ1n) is 11.0.